The minimum absolute atomic E-state index is 0.0715. The predicted molar refractivity (Wildman–Crippen MR) is 288 cm³/mol. The fourth-order valence-electron chi connectivity index (χ4n) is 8.22. The molecule has 0 aromatic carbocycles. The second-order valence-corrected chi connectivity index (χ2v) is 19.2. The zero-order valence-corrected chi connectivity index (χ0v) is 44.2. The first kappa shape index (κ1) is 63.6. The van der Waals surface area contributed by atoms with Gasteiger partial charge in [-0.2, -0.15) is 0 Å². The molecule has 0 saturated heterocycles. The molecule has 0 bridgehead atoms. The number of rotatable bonds is 53. The Morgan fingerprint density at radius 2 is 0.682 bits per heavy atom. The zero-order chi connectivity index (χ0) is 47.7. The lowest BCUT2D eigenvalue weighted by atomic mass is 10.1. The maximum atomic E-state index is 12.8. The van der Waals surface area contributed by atoms with E-state index in [1.807, 2.05) is 0 Å². The van der Waals surface area contributed by atoms with Crippen LogP contribution in [0.1, 0.15) is 290 Å². The number of carbonyl (C=O) groups is 2. The van der Waals surface area contributed by atoms with Gasteiger partial charge in [-0.15, -0.1) is 0 Å². The molecule has 5 nitrogen and oxygen atoms in total. The molecule has 0 aromatic rings. The molecule has 0 spiro atoms. The Morgan fingerprint density at radius 1 is 0.348 bits per heavy atom. The molecule has 0 aliphatic rings. The maximum Gasteiger partial charge on any atom is 0.306 e. The number of unbranched alkanes of at least 4 members (excludes halogenated alkanes) is 32. The van der Waals surface area contributed by atoms with Crippen LogP contribution >= 0.6 is 0 Å². The van der Waals surface area contributed by atoms with E-state index in [-0.39, 0.29) is 25.2 Å². The largest absolute Gasteiger partial charge is 0.462 e. The number of ether oxygens (including phenoxy) is 3. The smallest absolute Gasteiger partial charge is 0.306 e. The first-order chi connectivity index (χ1) is 32.6. The summed E-state index contributed by atoms with van der Waals surface area (Å²) in [4.78, 5) is 25.5. The van der Waals surface area contributed by atoms with Crippen LogP contribution in [-0.4, -0.2) is 37.9 Å². The quantitative estimate of drug-likeness (QED) is 0.0346. The van der Waals surface area contributed by atoms with Crippen molar-refractivity contribution in [2.75, 3.05) is 19.8 Å². The van der Waals surface area contributed by atoms with Gasteiger partial charge in [-0.1, -0.05) is 236 Å². The van der Waals surface area contributed by atoms with E-state index in [0.717, 1.165) is 77.0 Å². The summed E-state index contributed by atoms with van der Waals surface area (Å²) in [5.41, 5.74) is 0. The molecule has 0 N–H and O–H groups in total. The monoisotopic (exact) mass is 923 g/mol. The molecule has 0 aliphatic carbocycles. The van der Waals surface area contributed by atoms with Crippen molar-refractivity contribution >= 4 is 11.9 Å². The highest BCUT2D eigenvalue weighted by molar-refractivity contribution is 5.70. The molecule has 384 valence electrons. The summed E-state index contributed by atoms with van der Waals surface area (Å²) >= 11 is 0. The Labute approximate surface area is 411 Å². The van der Waals surface area contributed by atoms with Crippen molar-refractivity contribution < 1.29 is 23.8 Å². The van der Waals surface area contributed by atoms with Crippen LogP contribution in [0.15, 0.2) is 60.8 Å². The molecule has 5 heteroatoms. The maximum absolute atomic E-state index is 12.8. The Kier molecular flexibility index (Phi) is 54.9. The summed E-state index contributed by atoms with van der Waals surface area (Å²) in [5.74, 6) is -0.427. The van der Waals surface area contributed by atoms with E-state index in [4.69, 9.17) is 14.2 Å². The highest BCUT2D eigenvalue weighted by Crippen LogP contribution is 2.15. The van der Waals surface area contributed by atoms with Crippen LogP contribution in [0.3, 0.4) is 0 Å². The van der Waals surface area contributed by atoms with Gasteiger partial charge >= 0.3 is 11.9 Å². The van der Waals surface area contributed by atoms with E-state index < -0.39 is 6.10 Å². The number of hydrogen-bond donors (Lipinski definition) is 0. The normalized spacial score (nSPS) is 12.6. The van der Waals surface area contributed by atoms with Crippen LogP contribution in [0.25, 0.3) is 0 Å². The Morgan fingerprint density at radius 3 is 1.12 bits per heavy atom. The predicted octanol–water partition coefficient (Wildman–Crippen LogP) is 19.7. The summed E-state index contributed by atoms with van der Waals surface area (Å²) < 4.78 is 17.4. The van der Waals surface area contributed by atoms with E-state index in [1.165, 1.54) is 180 Å². The summed E-state index contributed by atoms with van der Waals surface area (Å²) in [6, 6.07) is 0. The first-order valence-electron chi connectivity index (χ1n) is 28.8. The van der Waals surface area contributed by atoms with Crippen LogP contribution in [0.2, 0.25) is 0 Å². The van der Waals surface area contributed by atoms with Crippen molar-refractivity contribution in [1.82, 2.24) is 0 Å². The molecular formula is C61H110O5. The SMILES string of the molecule is CC/C=C\C/C=C\C/C=C\CCCCCC(=O)OC(COCCCCCCCCCCCC/C=C\CCCCCCCC)COC(=O)CCCCCCCCC/C=C\CCCCCCCC. The number of esters is 2. The zero-order valence-electron chi connectivity index (χ0n) is 44.2. The van der Waals surface area contributed by atoms with E-state index in [1.54, 1.807) is 0 Å². The third-order valence-corrected chi connectivity index (χ3v) is 12.5. The number of hydrogen-bond acceptors (Lipinski definition) is 5. The average Bonchev–Trinajstić information content (AvgIpc) is 3.32. The Bertz CT molecular complexity index is 1130. The lowest BCUT2D eigenvalue weighted by Crippen LogP contribution is -2.30. The van der Waals surface area contributed by atoms with Gasteiger partial charge in [-0.05, 0) is 103 Å². The molecule has 1 unspecified atom stereocenters. The highest BCUT2D eigenvalue weighted by Gasteiger charge is 2.17. The molecule has 66 heavy (non-hydrogen) atoms. The standard InChI is InChI=1S/C61H110O5/c1-4-7-10-13-16-19-22-25-27-29-30-31-33-35-38-41-44-47-50-53-56-64-57-59(66-61(63)55-52-49-46-43-40-36-24-21-18-15-12-9-6-3)58-65-60(62)54-51-48-45-42-39-37-34-32-28-26-23-20-17-14-11-8-5-2/h9,12,18,21,25-28,36,40,59H,4-8,10-11,13-17,19-20,22-24,29-35,37-39,41-58H2,1-3H3/b12-9-,21-18-,27-25-,28-26-,40-36-. The van der Waals surface area contributed by atoms with Gasteiger partial charge in [0.1, 0.15) is 6.61 Å². The van der Waals surface area contributed by atoms with Crippen molar-refractivity contribution in [2.24, 2.45) is 0 Å². The summed E-state index contributed by atoms with van der Waals surface area (Å²) in [5, 5.41) is 0. The molecule has 0 rings (SSSR count). The van der Waals surface area contributed by atoms with E-state index >= 15 is 0 Å². The topological polar surface area (TPSA) is 61.8 Å². The lowest BCUT2D eigenvalue weighted by molar-refractivity contribution is -0.163. The van der Waals surface area contributed by atoms with Gasteiger partial charge in [0.25, 0.3) is 0 Å². The van der Waals surface area contributed by atoms with Crippen LogP contribution in [-0.2, 0) is 23.8 Å². The third-order valence-electron chi connectivity index (χ3n) is 12.5. The van der Waals surface area contributed by atoms with E-state index in [2.05, 4.69) is 81.5 Å². The van der Waals surface area contributed by atoms with Crippen LogP contribution < -0.4 is 0 Å². The molecule has 0 aliphatic heterocycles. The van der Waals surface area contributed by atoms with Crippen molar-refractivity contribution in [3.63, 3.8) is 0 Å². The van der Waals surface area contributed by atoms with Gasteiger partial charge in [0.05, 0.1) is 6.61 Å². The van der Waals surface area contributed by atoms with Gasteiger partial charge in [-0.3, -0.25) is 9.59 Å². The molecule has 1 atom stereocenters. The minimum Gasteiger partial charge on any atom is -0.462 e. The molecular weight excluding hydrogens is 813 g/mol. The lowest BCUT2D eigenvalue weighted by Gasteiger charge is -2.18. The highest BCUT2D eigenvalue weighted by atomic mass is 16.6. The molecule has 0 radical (unpaired) electrons. The van der Waals surface area contributed by atoms with Crippen molar-refractivity contribution in [1.29, 1.82) is 0 Å². The van der Waals surface area contributed by atoms with Gasteiger partial charge in [0.15, 0.2) is 6.10 Å². The van der Waals surface area contributed by atoms with Gasteiger partial charge in [0, 0.05) is 19.4 Å². The molecule has 0 saturated carbocycles. The molecule has 0 amide bonds. The summed E-state index contributed by atoms with van der Waals surface area (Å²) in [6.07, 6.45) is 72.5. The number of allylic oxidation sites excluding steroid dienone is 10. The Balaban J connectivity index is 4.25. The first-order valence-corrected chi connectivity index (χ1v) is 28.8. The molecule has 0 aromatic heterocycles. The van der Waals surface area contributed by atoms with E-state index in [9.17, 15) is 9.59 Å². The summed E-state index contributed by atoms with van der Waals surface area (Å²) in [6.45, 7) is 7.70. The second-order valence-electron chi connectivity index (χ2n) is 19.2. The molecule has 0 heterocycles. The van der Waals surface area contributed by atoms with Gasteiger partial charge < -0.3 is 14.2 Å². The fourth-order valence-corrected chi connectivity index (χ4v) is 8.22. The minimum atomic E-state index is -0.554. The number of carbonyl (C=O) groups excluding carboxylic acids is 2. The van der Waals surface area contributed by atoms with Crippen LogP contribution in [0.4, 0.5) is 0 Å². The van der Waals surface area contributed by atoms with Crippen LogP contribution in [0.5, 0.6) is 0 Å². The fraction of sp³-hybridized carbons (Fsp3) is 0.803. The van der Waals surface area contributed by atoms with Gasteiger partial charge in [-0.25, -0.2) is 0 Å². The molecule has 0 fully saturated rings. The van der Waals surface area contributed by atoms with Crippen molar-refractivity contribution in [2.45, 2.75) is 297 Å². The van der Waals surface area contributed by atoms with Gasteiger partial charge in [0.2, 0.25) is 0 Å². The summed E-state index contributed by atoms with van der Waals surface area (Å²) in [7, 11) is 0. The van der Waals surface area contributed by atoms with Crippen molar-refractivity contribution in [3.05, 3.63) is 60.8 Å². The van der Waals surface area contributed by atoms with Crippen LogP contribution in [0, 0.1) is 0 Å². The third kappa shape index (κ3) is 54.2. The Hall–Kier alpha value is -2.40. The van der Waals surface area contributed by atoms with E-state index in [0.29, 0.717) is 19.4 Å². The average molecular weight is 924 g/mol. The van der Waals surface area contributed by atoms with Crippen molar-refractivity contribution in [3.8, 4) is 0 Å². The second kappa shape index (κ2) is 56.9.